The third-order valence-electron chi connectivity index (χ3n) is 3.28. The summed E-state index contributed by atoms with van der Waals surface area (Å²) >= 11 is 1.71. The Balaban J connectivity index is 2.00. The molecule has 0 saturated heterocycles. The number of nitrogens with two attached hydrogens (primary N) is 1. The minimum Gasteiger partial charge on any atom is -0.376 e. The standard InChI is InChI=1S/C13H26N2O2S/c1-18-10-7-12(14)13(16)15-8-9-17-11-5-3-2-4-6-11/h11-12H,2-10,14H2,1H3,(H,15,16)/t12-/m0/s1. The number of rotatable bonds is 8. The van der Waals surface area contributed by atoms with Gasteiger partial charge in [0.25, 0.3) is 0 Å². The van der Waals surface area contributed by atoms with Crippen LogP contribution in [-0.4, -0.2) is 43.2 Å². The number of thioether (sulfide) groups is 1. The van der Waals surface area contributed by atoms with E-state index in [-0.39, 0.29) is 11.9 Å². The molecule has 106 valence electrons. The Bertz CT molecular complexity index is 233. The van der Waals surface area contributed by atoms with E-state index in [1.54, 1.807) is 11.8 Å². The van der Waals surface area contributed by atoms with Crippen molar-refractivity contribution in [1.82, 2.24) is 5.32 Å². The number of nitrogens with one attached hydrogen (secondary N) is 1. The molecule has 4 nitrogen and oxygen atoms in total. The predicted octanol–water partition coefficient (Wildman–Crippen LogP) is 1.53. The summed E-state index contributed by atoms with van der Waals surface area (Å²) in [5.74, 6) is 0.865. The van der Waals surface area contributed by atoms with E-state index in [9.17, 15) is 4.79 Å². The summed E-state index contributed by atoms with van der Waals surface area (Å²) in [5.41, 5.74) is 5.76. The lowest BCUT2D eigenvalue weighted by Crippen LogP contribution is -2.42. The Morgan fingerprint density at radius 3 is 2.83 bits per heavy atom. The number of carbonyl (C=O) groups excluding carboxylic acids is 1. The van der Waals surface area contributed by atoms with E-state index >= 15 is 0 Å². The van der Waals surface area contributed by atoms with Gasteiger partial charge in [-0.1, -0.05) is 19.3 Å². The Kier molecular flexibility index (Phi) is 8.46. The topological polar surface area (TPSA) is 64.4 Å². The monoisotopic (exact) mass is 274 g/mol. The molecule has 18 heavy (non-hydrogen) atoms. The second kappa shape index (κ2) is 9.64. The second-order valence-corrected chi connectivity index (χ2v) is 5.80. The zero-order valence-electron chi connectivity index (χ0n) is 11.3. The van der Waals surface area contributed by atoms with Crippen molar-refractivity contribution in [2.24, 2.45) is 5.73 Å². The molecule has 0 aromatic rings. The summed E-state index contributed by atoms with van der Waals surface area (Å²) in [7, 11) is 0. The molecule has 1 rings (SSSR count). The first-order valence-corrected chi connectivity index (χ1v) is 8.27. The van der Waals surface area contributed by atoms with Crippen LogP contribution in [0.5, 0.6) is 0 Å². The highest BCUT2D eigenvalue weighted by atomic mass is 32.2. The van der Waals surface area contributed by atoms with Crippen LogP contribution in [-0.2, 0) is 9.53 Å². The smallest absolute Gasteiger partial charge is 0.237 e. The number of amides is 1. The molecule has 0 aliphatic heterocycles. The van der Waals surface area contributed by atoms with Gasteiger partial charge in [-0.05, 0) is 31.3 Å². The fraction of sp³-hybridized carbons (Fsp3) is 0.923. The molecule has 1 fully saturated rings. The average molecular weight is 274 g/mol. The Morgan fingerprint density at radius 2 is 2.17 bits per heavy atom. The molecule has 1 aliphatic rings. The van der Waals surface area contributed by atoms with Gasteiger partial charge in [0.1, 0.15) is 0 Å². The van der Waals surface area contributed by atoms with Gasteiger partial charge in [0.2, 0.25) is 5.91 Å². The first-order chi connectivity index (χ1) is 8.74. The SMILES string of the molecule is CSCC[C@H](N)C(=O)NCCOC1CCCCC1. The molecule has 0 aromatic heterocycles. The molecule has 1 saturated carbocycles. The zero-order chi connectivity index (χ0) is 13.2. The summed E-state index contributed by atoms with van der Waals surface area (Å²) in [6.45, 7) is 1.17. The van der Waals surface area contributed by atoms with Crippen LogP contribution < -0.4 is 11.1 Å². The van der Waals surface area contributed by atoms with Gasteiger partial charge in [-0.3, -0.25) is 4.79 Å². The maximum atomic E-state index is 11.6. The van der Waals surface area contributed by atoms with E-state index in [1.165, 1.54) is 32.1 Å². The highest BCUT2D eigenvalue weighted by Crippen LogP contribution is 2.19. The lowest BCUT2D eigenvalue weighted by Gasteiger charge is -2.22. The highest BCUT2D eigenvalue weighted by Gasteiger charge is 2.14. The molecule has 1 aliphatic carbocycles. The van der Waals surface area contributed by atoms with Gasteiger partial charge >= 0.3 is 0 Å². The van der Waals surface area contributed by atoms with Crippen molar-refractivity contribution in [3.8, 4) is 0 Å². The molecular weight excluding hydrogens is 248 g/mol. The van der Waals surface area contributed by atoms with Crippen molar-refractivity contribution in [2.75, 3.05) is 25.2 Å². The second-order valence-electron chi connectivity index (χ2n) is 4.81. The maximum absolute atomic E-state index is 11.6. The van der Waals surface area contributed by atoms with Gasteiger partial charge in [-0.15, -0.1) is 0 Å². The number of hydrogen-bond acceptors (Lipinski definition) is 4. The lowest BCUT2D eigenvalue weighted by atomic mass is 9.98. The van der Waals surface area contributed by atoms with Gasteiger partial charge in [0.15, 0.2) is 0 Å². The molecule has 0 bridgehead atoms. The van der Waals surface area contributed by atoms with Gasteiger partial charge in [-0.25, -0.2) is 0 Å². The third kappa shape index (κ3) is 6.61. The van der Waals surface area contributed by atoms with E-state index in [0.29, 0.717) is 19.3 Å². The van der Waals surface area contributed by atoms with Crippen LogP contribution >= 0.6 is 11.8 Å². The molecular formula is C13H26N2O2S. The Hall–Kier alpha value is -0.260. The van der Waals surface area contributed by atoms with Crippen molar-refractivity contribution in [3.63, 3.8) is 0 Å². The zero-order valence-corrected chi connectivity index (χ0v) is 12.1. The van der Waals surface area contributed by atoms with Crippen molar-refractivity contribution in [2.45, 2.75) is 50.7 Å². The summed E-state index contributed by atoms with van der Waals surface area (Å²) < 4.78 is 5.73. The normalized spacial score (nSPS) is 18.6. The molecule has 1 atom stereocenters. The largest absolute Gasteiger partial charge is 0.376 e. The van der Waals surface area contributed by atoms with Crippen LogP contribution in [0.25, 0.3) is 0 Å². The summed E-state index contributed by atoms with van der Waals surface area (Å²) in [4.78, 5) is 11.6. The molecule has 0 radical (unpaired) electrons. The molecule has 0 spiro atoms. The summed E-state index contributed by atoms with van der Waals surface area (Å²) in [5, 5.41) is 2.83. The predicted molar refractivity (Wildman–Crippen MR) is 76.8 cm³/mol. The minimum absolute atomic E-state index is 0.0590. The number of carbonyl (C=O) groups is 1. The molecule has 0 heterocycles. The Labute approximate surface area is 114 Å². The highest BCUT2D eigenvalue weighted by molar-refractivity contribution is 7.98. The lowest BCUT2D eigenvalue weighted by molar-refractivity contribution is -0.122. The molecule has 0 unspecified atom stereocenters. The van der Waals surface area contributed by atoms with Crippen LogP contribution in [0.1, 0.15) is 38.5 Å². The molecule has 1 amide bonds. The van der Waals surface area contributed by atoms with Crippen LogP contribution in [0, 0.1) is 0 Å². The van der Waals surface area contributed by atoms with Crippen molar-refractivity contribution >= 4 is 17.7 Å². The minimum atomic E-state index is -0.382. The average Bonchev–Trinajstić information content (AvgIpc) is 2.41. The molecule has 5 heteroatoms. The van der Waals surface area contributed by atoms with E-state index < -0.39 is 0 Å². The first-order valence-electron chi connectivity index (χ1n) is 6.88. The van der Waals surface area contributed by atoms with E-state index in [4.69, 9.17) is 10.5 Å². The van der Waals surface area contributed by atoms with Crippen molar-refractivity contribution in [3.05, 3.63) is 0 Å². The van der Waals surface area contributed by atoms with E-state index in [0.717, 1.165) is 12.2 Å². The third-order valence-corrected chi connectivity index (χ3v) is 3.92. The van der Waals surface area contributed by atoms with Crippen LogP contribution in [0.15, 0.2) is 0 Å². The Morgan fingerprint density at radius 1 is 1.44 bits per heavy atom. The first kappa shape index (κ1) is 15.8. The van der Waals surface area contributed by atoms with Crippen molar-refractivity contribution in [1.29, 1.82) is 0 Å². The fourth-order valence-electron chi connectivity index (χ4n) is 2.14. The number of ether oxygens (including phenoxy) is 1. The van der Waals surface area contributed by atoms with Gasteiger partial charge in [0, 0.05) is 6.54 Å². The van der Waals surface area contributed by atoms with Gasteiger partial charge in [-0.2, -0.15) is 11.8 Å². The maximum Gasteiger partial charge on any atom is 0.237 e. The summed E-state index contributed by atoms with van der Waals surface area (Å²) in [6.07, 6.45) is 9.37. The quantitative estimate of drug-likeness (QED) is 0.659. The van der Waals surface area contributed by atoms with Crippen molar-refractivity contribution < 1.29 is 9.53 Å². The van der Waals surface area contributed by atoms with E-state index in [1.807, 2.05) is 6.26 Å². The van der Waals surface area contributed by atoms with E-state index in [2.05, 4.69) is 5.32 Å². The van der Waals surface area contributed by atoms with Crippen LogP contribution in [0.3, 0.4) is 0 Å². The summed E-state index contributed by atoms with van der Waals surface area (Å²) in [6, 6.07) is -0.382. The van der Waals surface area contributed by atoms with Gasteiger partial charge in [0.05, 0.1) is 18.8 Å². The van der Waals surface area contributed by atoms with Gasteiger partial charge < -0.3 is 15.8 Å². The fourth-order valence-corrected chi connectivity index (χ4v) is 2.63. The molecule has 0 aromatic carbocycles. The van der Waals surface area contributed by atoms with Crippen LogP contribution in [0.4, 0.5) is 0 Å². The molecule has 3 N–H and O–H groups in total. The van der Waals surface area contributed by atoms with Crippen LogP contribution in [0.2, 0.25) is 0 Å². The number of hydrogen-bond donors (Lipinski definition) is 2.